The standard InChI is InChI=1S/C14H20ClF2NO2/c1-9(2)12(8-19-3)18-7-10-6-11(15)4-5-13(10)20-14(16)17/h4-6,9,12,14,18H,7-8H2,1-3H3. The smallest absolute Gasteiger partial charge is 0.387 e. The van der Waals surface area contributed by atoms with Gasteiger partial charge >= 0.3 is 6.61 Å². The highest BCUT2D eigenvalue weighted by Crippen LogP contribution is 2.24. The summed E-state index contributed by atoms with van der Waals surface area (Å²) in [5, 5.41) is 3.75. The van der Waals surface area contributed by atoms with E-state index in [1.807, 2.05) is 0 Å². The number of ether oxygens (including phenoxy) is 2. The highest BCUT2D eigenvalue weighted by atomic mass is 35.5. The molecule has 0 aromatic heterocycles. The first-order valence-corrected chi connectivity index (χ1v) is 6.77. The van der Waals surface area contributed by atoms with Crippen molar-refractivity contribution in [1.29, 1.82) is 0 Å². The van der Waals surface area contributed by atoms with E-state index in [1.165, 1.54) is 12.1 Å². The zero-order valence-corrected chi connectivity index (χ0v) is 12.6. The summed E-state index contributed by atoms with van der Waals surface area (Å²) in [6.45, 7) is 2.20. The van der Waals surface area contributed by atoms with Gasteiger partial charge in [0, 0.05) is 30.3 Å². The van der Waals surface area contributed by atoms with Gasteiger partial charge in [0.15, 0.2) is 0 Å². The molecule has 1 aromatic rings. The Bertz CT molecular complexity index is 416. The Morgan fingerprint density at radius 1 is 1.30 bits per heavy atom. The quantitative estimate of drug-likeness (QED) is 0.794. The van der Waals surface area contributed by atoms with E-state index >= 15 is 0 Å². The predicted molar refractivity (Wildman–Crippen MR) is 75.4 cm³/mol. The topological polar surface area (TPSA) is 30.5 Å². The number of nitrogens with one attached hydrogen (secondary N) is 1. The number of methoxy groups -OCH3 is 1. The summed E-state index contributed by atoms with van der Waals surface area (Å²) in [5.74, 6) is 0.491. The summed E-state index contributed by atoms with van der Waals surface area (Å²) in [4.78, 5) is 0. The third-order valence-corrected chi connectivity index (χ3v) is 3.18. The van der Waals surface area contributed by atoms with Gasteiger partial charge in [-0.1, -0.05) is 25.4 Å². The van der Waals surface area contributed by atoms with Crippen LogP contribution in [0.15, 0.2) is 18.2 Å². The average molecular weight is 308 g/mol. The van der Waals surface area contributed by atoms with Gasteiger partial charge in [-0.25, -0.2) is 0 Å². The number of hydrogen-bond donors (Lipinski definition) is 1. The number of hydrogen-bond acceptors (Lipinski definition) is 3. The number of halogens is 3. The molecule has 6 heteroatoms. The fourth-order valence-electron chi connectivity index (χ4n) is 1.80. The summed E-state index contributed by atoms with van der Waals surface area (Å²) < 4.78 is 34.3. The molecule has 0 fully saturated rings. The minimum absolute atomic E-state index is 0.124. The van der Waals surface area contributed by atoms with Gasteiger partial charge in [0.05, 0.1) is 6.61 Å². The van der Waals surface area contributed by atoms with Crippen molar-refractivity contribution >= 4 is 11.6 Å². The summed E-state index contributed by atoms with van der Waals surface area (Å²) in [6, 6.07) is 4.72. The molecule has 3 nitrogen and oxygen atoms in total. The van der Waals surface area contributed by atoms with Crippen LogP contribution in [0.2, 0.25) is 5.02 Å². The van der Waals surface area contributed by atoms with Crippen LogP contribution < -0.4 is 10.1 Å². The second-order valence-corrected chi connectivity index (χ2v) is 5.25. The molecule has 1 unspecified atom stereocenters. The van der Waals surface area contributed by atoms with Crippen LogP contribution in [-0.2, 0) is 11.3 Å². The molecule has 114 valence electrons. The number of alkyl halides is 2. The van der Waals surface area contributed by atoms with Gasteiger partial charge in [-0.05, 0) is 24.1 Å². The van der Waals surface area contributed by atoms with E-state index in [0.717, 1.165) is 0 Å². The average Bonchev–Trinajstić information content (AvgIpc) is 2.36. The first-order valence-electron chi connectivity index (χ1n) is 6.39. The highest BCUT2D eigenvalue weighted by Gasteiger charge is 2.15. The molecule has 0 aliphatic rings. The Morgan fingerprint density at radius 2 is 2.00 bits per heavy atom. The molecule has 20 heavy (non-hydrogen) atoms. The van der Waals surface area contributed by atoms with Gasteiger partial charge in [-0.2, -0.15) is 8.78 Å². The van der Waals surface area contributed by atoms with Crippen molar-refractivity contribution in [3.63, 3.8) is 0 Å². The first kappa shape index (κ1) is 17.1. The highest BCUT2D eigenvalue weighted by molar-refractivity contribution is 6.30. The molecule has 1 atom stereocenters. The predicted octanol–water partition coefficient (Wildman–Crippen LogP) is 3.70. The number of benzene rings is 1. The zero-order valence-electron chi connectivity index (χ0n) is 11.8. The summed E-state index contributed by atoms with van der Waals surface area (Å²) in [5.41, 5.74) is 0.597. The van der Waals surface area contributed by atoms with Crippen LogP contribution in [0.4, 0.5) is 8.78 Å². The van der Waals surface area contributed by atoms with Crippen molar-refractivity contribution in [2.45, 2.75) is 33.0 Å². The maximum absolute atomic E-state index is 12.4. The molecule has 0 saturated carbocycles. The monoisotopic (exact) mass is 307 g/mol. The van der Waals surface area contributed by atoms with E-state index < -0.39 is 6.61 Å². The third-order valence-electron chi connectivity index (χ3n) is 2.94. The van der Waals surface area contributed by atoms with Crippen molar-refractivity contribution < 1.29 is 18.3 Å². The Kier molecular flexibility index (Phi) is 7.19. The minimum atomic E-state index is -2.85. The van der Waals surface area contributed by atoms with Gasteiger partial charge in [0.2, 0.25) is 0 Å². The lowest BCUT2D eigenvalue weighted by molar-refractivity contribution is -0.0505. The van der Waals surface area contributed by atoms with Gasteiger partial charge in [-0.3, -0.25) is 0 Å². The van der Waals surface area contributed by atoms with Crippen LogP contribution in [0.5, 0.6) is 5.75 Å². The van der Waals surface area contributed by atoms with Crippen LogP contribution in [-0.4, -0.2) is 26.4 Å². The Balaban J connectivity index is 2.76. The van der Waals surface area contributed by atoms with Gasteiger partial charge in [0.1, 0.15) is 5.75 Å². The molecule has 0 spiro atoms. The van der Waals surface area contributed by atoms with Crippen molar-refractivity contribution in [3.05, 3.63) is 28.8 Å². The fraction of sp³-hybridized carbons (Fsp3) is 0.571. The van der Waals surface area contributed by atoms with E-state index in [1.54, 1.807) is 13.2 Å². The second-order valence-electron chi connectivity index (χ2n) is 4.82. The molecule has 1 rings (SSSR count). The SMILES string of the molecule is COCC(NCc1cc(Cl)ccc1OC(F)F)C(C)C. The molecule has 0 saturated heterocycles. The van der Waals surface area contributed by atoms with Crippen molar-refractivity contribution in [2.75, 3.05) is 13.7 Å². The minimum Gasteiger partial charge on any atom is -0.434 e. The Labute approximate surface area is 123 Å². The van der Waals surface area contributed by atoms with Gasteiger partial charge < -0.3 is 14.8 Å². The fourth-order valence-corrected chi connectivity index (χ4v) is 2.00. The Hall–Kier alpha value is -0.910. The van der Waals surface area contributed by atoms with Crippen LogP contribution in [0.1, 0.15) is 19.4 Å². The van der Waals surface area contributed by atoms with E-state index in [-0.39, 0.29) is 11.8 Å². The zero-order chi connectivity index (χ0) is 15.1. The van der Waals surface area contributed by atoms with Crippen LogP contribution >= 0.6 is 11.6 Å². The van der Waals surface area contributed by atoms with Gasteiger partial charge in [-0.15, -0.1) is 0 Å². The molecule has 0 aliphatic carbocycles. The van der Waals surface area contributed by atoms with Crippen LogP contribution in [0, 0.1) is 5.92 Å². The molecular formula is C14H20ClF2NO2. The lowest BCUT2D eigenvalue weighted by Crippen LogP contribution is -2.37. The van der Waals surface area contributed by atoms with Crippen molar-refractivity contribution in [2.24, 2.45) is 5.92 Å². The van der Waals surface area contributed by atoms with Crippen molar-refractivity contribution in [3.8, 4) is 5.75 Å². The van der Waals surface area contributed by atoms with Crippen LogP contribution in [0.3, 0.4) is 0 Å². The molecule has 0 amide bonds. The van der Waals surface area contributed by atoms with Crippen LogP contribution in [0.25, 0.3) is 0 Å². The number of rotatable bonds is 8. The molecule has 0 bridgehead atoms. The van der Waals surface area contributed by atoms with E-state index in [9.17, 15) is 8.78 Å². The lowest BCUT2D eigenvalue weighted by atomic mass is 10.0. The van der Waals surface area contributed by atoms with E-state index in [2.05, 4.69) is 23.9 Å². The largest absolute Gasteiger partial charge is 0.434 e. The molecule has 1 aromatic carbocycles. The molecular weight excluding hydrogens is 288 g/mol. The molecule has 0 radical (unpaired) electrons. The van der Waals surface area contributed by atoms with Crippen molar-refractivity contribution in [1.82, 2.24) is 5.32 Å². The molecule has 0 heterocycles. The summed E-state index contributed by atoms with van der Waals surface area (Å²) in [6.07, 6.45) is 0. The molecule has 0 aliphatic heterocycles. The lowest BCUT2D eigenvalue weighted by Gasteiger charge is -2.22. The maximum atomic E-state index is 12.4. The van der Waals surface area contributed by atoms with Gasteiger partial charge in [0.25, 0.3) is 0 Å². The summed E-state index contributed by atoms with van der Waals surface area (Å²) in [7, 11) is 1.63. The Morgan fingerprint density at radius 3 is 2.55 bits per heavy atom. The first-order chi connectivity index (χ1) is 9.43. The summed E-state index contributed by atoms with van der Waals surface area (Å²) >= 11 is 5.90. The van der Waals surface area contributed by atoms with E-state index in [4.69, 9.17) is 16.3 Å². The molecule has 1 N–H and O–H groups in total. The third kappa shape index (κ3) is 5.61. The second kappa shape index (κ2) is 8.39. The van der Waals surface area contributed by atoms with E-state index in [0.29, 0.717) is 29.7 Å². The maximum Gasteiger partial charge on any atom is 0.387 e. The normalized spacial score (nSPS) is 13.0.